The van der Waals surface area contributed by atoms with Crippen molar-refractivity contribution in [1.29, 1.82) is 0 Å². The average molecular weight is 322 g/mol. The highest BCUT2D eigenvalue weighted by Gasteiger charge is 2.26. The maximum atomic E-state index is 9.52. The van der Waals surface area contributed by atoms with Crippen LogP contribution in [0.15, 0.2) is 12.1 Å². The van der Waals surface area contributed by atoms with Gasteiger partial charge in [-0.05, 0) is 56.0 Å². The Bertz CT molecular complexity index is 487. The van der Waals surface area contributed by atoms with Gasteiger partial charge in [0.15, 0.2) is 0 Å². The Morgan fingerprint density at radius 2 is 1.87 bits per heavy atom. The molecule has 3 N–H and O–H groups in total. The fourth-order valence-corrected chi connectivity index (χ4v) is 3.13. The van der Waals surface area contributed by atoms with Gasteiger partial charge in [0.25, 0.3) is 0 Å². The Labute approximate surface area is 142 Å². The second kappa shape index (κ2) is 8.70. The van der Waals surface area contributed by atoms with Crippen molar-refractivity contribution in [3.05, 3.63) is 28.8 Å². The summed E-state index contributed by atoms with van der Waals surface area (Å²) in [6.45, 7) is 14.4. The van der Waals surface area contributed by atoms with E-state index in [0.29, 0.717) is 19.1 Å². The van der Waals surface area contributed by atoms with Crippen LogP contribution in [0.2, 0.25) is 0 Å². The standard InChI is InChI=1S/C20H35NO2/c1-7-16(11-15(12-21)13-22)17-9-14(3)10-18(20(4,5)6)19(17)23-8-2/h9-10,15-16,22H,7-8,11-13,21H2,1-6H3. The SMILES string of the molecule is CCOc1c(C(CC)CC(CN)CO)cc(C)cc1C(C)(C)C. The summed E-state index contributed by atoms with van der Waals surface area (Å²) in [5.41, 5.74) is 9.63. The zero-order valence-corrected chi connectivity index (χ0v) is 15.8. The predicted molar refractivity (Wildman–Crippen MR) is 98.3 cm³/mol. The minimum absolute atomic E-state index is 0.0355. The molecule has 0 spiro atoms. The number of rotatable bonds is 8. The molecule has 0 saturated heterocycles. The molecule has 2 atom stereocenters. The second-order valence-electron chi connectivity index (χ2n) is 7.54. The molecule has 0 heterocycles. The first-order valence-corrected chi connectivity index (χ1v) is 8.87. The maximum Gasteiger partial charge on any atom is 0.126 e. The van der Waals surface area contributed by atoms with Crippen molar-refractivity contribution in [3.8, 4) is 5.75 Å². The van der Waals surface area contributed by atoms with Gasteiger partial charge in [-0.1, -0.05) is 45.4 Å². The first-order chi connectivity index (χ1) is 10.8. The molecule has 3 nitrogen and oxygen atoms in total. The van der Waals surface area contributed by atoms with Crippen LogP contribution in [0.5, 0.6) is 5.75 Å². The Kier molecular flexibility index (Phi) is 7.56. The van der Waals surface area contributed by atoms with E-state index >= 15 is 0 Å². The van der Waals surface area contributed by atoms with Gasteiger partial charge in [-0.25, -0.2) is 0 Å². The fourth-order valence-electron chi connectivity index (χ4n) is 3.13. The molecule has 0 aliphatic carbocycles. The van der Waals surface area contributed by atoms with E-state index in [0.717, 1.165) is 18.6 Å². The van der Waals surface area contributed by atoms with Crippen LogP contribution in [0.3, 0.4) is 0 Å². The molecule has 1 aromatic rings. The lowest BCUT2D eigenvalue weighted by molar-refractivity contribution is 0.213. The Balaban J connectivity index is 3.38. The highest BCUT2D eigenvalue weighted by atomic mass is 16.5. The number of aryl methyl sites for hydroxylation is 1. The molecule has 0 bridgehead atoms. The van der Waals surface area contributed by atoms with Crippen molar-refractivity contribution in [2.24, 2.45) is 11.7 Å². The summed E-state index contributed by atoms with van der Waals surface area (Å²) in [6.07, 6.45) is 1.92. The van der Waals surface area contributed by atoms with Crippen molar-refractivity contribution in [3.63, 3.8) is 0 Å². The number of nitrogens with two attached hydrogens (primary N) is 1. The largest absolute Gasteiger partial charge is 0.493 e. The number of hydrogen-bond acceptors (Lipinski definition) is 3. The van der Waals surface area contributed by atoms with Crippen LogP contribution in [-0.2, 0) is 5.41 Å². The number of hydrogen-bond donors (Lipinski definition) is 2. The summed E-state index contributed by atoms with van der Waals surface area (Å²) in [5, 5.41) is 9.52. The monoisotopic (exact) mass is 321 g/mol. The lowest BCUT2D eigenvalue weighted by Crippen LogP contribution is -2.22. The number of ether oxygens (including phenoxy) is 1. The number of benzene rings is 1. The first-order valence-electron chi connectivity index (χ1n) is 8.87. The topological polar surface area (TPSA) is 55.5 Å². The Morgan fingerprint density at radius 3 is 2.30 bits per heavy atom. The van der Waals surface area contributed by atoms with E-state index in [9.17, 15) is 5.11 Å². The zero-order chi connectivity index (χ0) is 17.6. The summed E-state index contributed by atoms with van der Waals surface area (Å²) in [4.78, 5) is 0. The molecule has 1 aromatic carbocycles. The summed E-state index contributed by atoms with van der Waals surface area (Å²) >= 11 is 0. The normalized spacial score (nSPS) is 14.6. The van der Waals surface area contributed by atoms with Gasteiger partial charge < -0.3 is 15.6 Å². The van der Waals surface area contributed by atoms with Gasteiger partial charge in [-0.15, -0.1) is 0 Å². The lowest BCUT2D eigenvalue weighted by Gasteiger charge is -2.29. The van der Waals surface area contributed by atoms with Crippen molar-refractivity contribution in [1.82, 2.24) is 0 Å². The molecule has 2 unspecified atom stereocenters. The third kappa shape index (κ3) is 5.22. The Hall–Kier alpha value is -1.06. The highest BCUT2D eigenvalue weighted by molar-refractivity contribution is 5.49. The van der Waals surface area contributed by atoms with Gasteiger partial charge in [-0.2, -0.15) is 0 Å². The van der Waals surface area contributed by atoms with Gasteiger partial charge in [0.05, 0.1) is 6.61 Å². The molecular weight excluding hydrogens is 286 g/mol. The van der Waals surface area contributed by atoms with E-state index in [1.54, 1.807) is 0 Å². The third-order valence-corrected chi connectivity index (χ3v) is 4.50. The predicted octanol–water partition coefficient (Wildman–Crippen LogP) is 4.14. The van der Waals surface area contributed by atoms with Crippen LogP contribution in [-0.4, -0.2) is 24.9 Å². The molecular formula is C20H35NO2. The van der Waals surface area contributed by atoms with Crippen LogP contribution >= 0.6 is 0 Å². The van der Waals surface area contributed by atoms with E-state index in [1.807, 2.05) is 6.92 Å². The average Bonchev–Trinajstić information content (AvgIpc) is 2.49. The van der Waals surface area contributed by atoms with Crippen LogP contribution in [0.1, 0.15) is 70.1 Å². The molecule has 0 aliphatic heterocycles. The molecule has 0 saturated carbocycles. The first kappa shape index (κ1) is 20.0. The van der Waals surface area contributed by atoms with Crippen molar-refractivity contribution < 1.29 is 9.84 Å². The van der Waals surface area contributed by atoms with E-state index in [-0.39, 0.29) is 17.9 Å². The molecule has 0 amide bonds. The van der Waals surface area contributed by atoms with E-state index < -0.39 is 0 Å². The van der Waals surface area contributed by atoms with Crippen LogP contribution < -0.4 is 10.5 Å². The van der Waals surface area contributed by atoms with Gasteiger partial charge in [0.1, 0.15) is 5.75 Å². The summed E-state index contributed by atoms with van der Waals surface area (Å²) in [6, 6.07) is 4.49. The molecule has 0 fully saturated rings. The zero-order valence-electron chi connectivity index (χ0n) is 15.8. The molecule has 1 rings (SSSR count). The van der Waals surface area contributed by atoms with Crippen LogP contribution in [0.25, 0.3) is 0 Å². The number of aliphatic hydroxyl groups is 1. The van der Waals surface area contributed by atoms with Gasteiger partial charge >= 0.3 is 0 Å². The van der Waals surface area contributed by atoms with Crippen molar-refractivity contribution >= 4 is 0 Å². The van der Waals surface area contributed by atoms with Gasteiger partial charge in [0.2, 0.25) is 0 Å². The molecule has 0 radical (unpaired) electrons. The summed E-state index contributed by atoms with van der Waals surface area (Å²) in [7, 11) is 0. The Morgan fingerprint density at radius 1 is 1.22 bits per heavy atom. The molecule has 3 heteroatoms. The van der Waals surface area contributed by atoms with Crippen molar-refractivity contribution in [2.75, 3.05) is 19.8 Å². The quantitative estimate of drug-likeness (QED) is 0.756. The maximum absolute atomic E-state index is 9.52. The highest BCUT2D eigenvalue weighted by Crippen LogP contribution is 2.41. The van der Waals surface area contributed by atoms with E-state index in [1.165, 1.54) is 16.7 Å². The smallest absolute Gasteiger partial charge is 0.126 e. The van der Waals surface area contributed by atoms with Gasteiger partial charge in [0, 0.05) is 12.2 Å². The summed E-state index contributed by atoms with van der Waals surface area (Å²) in [5.74, 6) is 1.54. The second-order valence-corrected chi connectivity index (χ2v) is 7.54. The molecule has 23 heavy (non-hydrogen) atoms. The summed E-state index contributed by atoms with van der Waals surface area (Å²) < 4.78 is 6.09. The lowest BCUT2D eigenvalue weighted by atomic mass is 9.79. The van der Waals surface area contributed by atoms with E-state index in [4.69, 9.17) is 10.5 Å². The number of aliphatic hydroxyl groups excluding tert-OH is 1. The van der Waals surface area contributed by atoms with Gasteiger partial charge in [-0.3, -0.25) is 0 Å². The molecule has 132 valence electrons. The van der Waals surface area contributed by atoms with Crippen LogP contribution in [0, 0.1) is 12.8 Å². The van der Waals surface area contributed by atoms with E-state index in [2.05, 4.69) is 46.8 Å². The molecule has 0 aliphatic rings. The minimum atomic E-state index is 0.0355. The van der Waals surface area contributed by atoms with Crippen LogP contribution in [0.4, 0.5) is 0 Å². The third-order valence-electron chi connectivity index (χ3n) is 4.50. The molecule has 0 aromatic heterocycles. The minimum Gasteiger partial charge on any atom is -0.493 e. The van der Waals surface area contributed by atoms with Crippen molar-refractivity contribution in [2.45, 2.75) is 65.7 Å². The fraction of sp³-hybridized carbons (Fsp3) is 0.700.